The zero-order chi connectivity index (χ0) is 13.8. The molecule has 0 aliphatic rings. The Balaban J connectivity index is 1.53. The Morgan fingerprint density at radius 2 is 2.20 bits per heavy atom. The topological polar surface area (TPSA) is 99.4 Å². The van der Waals surface area contributed by atoms with E-state index in [0.29, 0.717) is 12.1 Å². The number of aryl methyl sites for hydroxylation is 1. The van der Waals surface area contributed by atoms with E-state index in [0.717, 1.165) is 29.6 Å². The molecule has 0 fully saturated rings. The highest BCUT2D eigenvalue weighted by Gasteiger charge is 2.06. The van der Waals surface area contributed by atoms with E-state index in [9.17, 15) is 4.79 Å². The molecule has 2 aromatic heterocycles. The van der Waals surface area contributed by atoms with Crippen molar-refractivity contribution in [2.75, 3.05) is 6.54 Å². The minimum absolute atomic E-state index is 0.0781. The van der Waals surface area contributed by atoms with Crippen LogP contribution in [0.2, 0.25) is 0 Å². The molecule has 7 nitrogen and oxygen atoms in total. The van der Waals surface area contributed by atoms with E-state index in [2.05, 4.69) is 30.7 Å². The summed E-state index contributed by atoms with van der Waals surface area (Å²) >= 11 is 0. The predicted molar refractivity (Wildman–Crippen MR) is 73.1 cm³/mol. The molecule has 0 atom stereocenters. The zero-order valence-electron chi connectivity index (χ0n) is 10.8. The summed E-state index contributed by atoms with van der Waals surface area (Å²) in [7, 11) is 0. The summed E-state index contributed by atoms with van der Waals surface area (Å²) in [6.45, 7) is 0.600. The lowest BCUT2D eigenvalue weighted by Gasteiger charge is -2.04. The van der Waals surface area contributed by atoms with Crippen LogP contribution < -0.4 is 5.32 Å². The van der Waals surface area contributed by atoms with Gasteiger partial charge in [-0.15, -0.1) is 0 Å². The van der Waals surface area contributed by atoms with Crippen LogP contribution in [0.15, 0.2) is 30.7 Å². The normalized spacial score (nSPS) is 10.8. The molecule has 1 amide bonds. The van der Waals surface area contributed by atoms with Crippen LogP contribution in [0.25, 0.3) is 10.9 Å². The largest absolute Gasteiger partial charge is 0.352 e. The Kier molecular flexibility index (Phi) is 3.40. The van der Waals surface area contributed by atoms with Crippen LogP contribution in [0, 0.1) is 0 Å². The van der Waals surface area contributed by atoms with Gasteiger partial charge < -0.3 is 5.32 Å². The number of hydrogen-bond donors (Lipinski definition) is 3. The molecule has 2 heterocycles. The van der Waals surface area contributed by atoms with Gasteiger partial charge in [0, 0.05) is 23.9 Å². The molecular weight excluding hydrogens is 256 g/mol. The van der Waals surface area contributed by atoms with Crippen LogP contribution in [-0.2, 0) is 6.42 Å². The number of carbonyl (C=O) groups is 1. The molecular formula is C13H14N6O. The molecule has 0 spiro atoms. The third-order valence-corrected chi connectivity index (χ3v) is 3.04. The van der Waals surface area contributed by atoms with Crippen LogP contribution >= 0.6 is 0 Å². The van der Waals surface area contributed by atoms with E-state index in [1.54, 1.807) is 12.3 Å². The second-order valence-corrected chi connectivity index (χ2v) is 4.46. The number of H-pyrrole nitrogens is 2. The summed E-state index contributed by atoms with van der Waals surface area (Å²) in [5.41, 5.74) is 1.56. The van der Waals surface area contributed by atoms with E-state index >= 15 is 0 Å². The first kappa shape index (κ1) is 12.3. The SMILES string of the molecule is O=C(NCCCc1ncn[nH]1)c1ccc2[nH]ncc2c1. The molecule has 0 saturated carbocycles. The maximum atomic E-state index is 12.0. The molecule has 3 aromatic rings. The summed E-state index contributed by atoms with van der Waals surface area (Å²) in [5.74, 6) is 0.754. The molecule has 0 saturated heterocycles. The van der Waals surface area contributed by atoms with Gasteiger partial charge in [0.25, 0.3) is 5.91 Å². The fourth-order valence-electron chi connectivity index (χ4n) is 2.00. The van der Waals surface area contributed by atoms with Gasteiger partial charge in [-0.2, -0.15) is 10.2 Å². The minimum atomic E-state index is -0.0781. The monoisotopic (exact) mass is 270 g/mol. The van der Waals surface area contributed by atoms with Crippen molar-refractivity contribution in [1.82, 2.24) is 30.7 Å². The first-order valence-corrected chi connectivity index (χ1v) is 6.38. The lowest BCUT2D eigenvalue weighted by atomic mass is 10.1. The van der Waals surface area contributed by atoms with Crippen molar-refractivity contribution in [1.29, 1.82) is 0 Å². The van der Waals surface area contributed by atoms with Crippen molar-refractivity contribution in [2.45, 2.75) is 12.8 Å². The van der Waals surface area contributed by atoms with Gasteiger partial charge in [0.1, 0.15) is 12.2 Å². The van der Waals surface area contributed by atoms with Gasteiger partial charge in [0.05, 0.1) is 11.7 Å². The van der Waals surface area contributed by atoms with Crippen LogP contribution in [-0.4, -0.2) is 37.8 Å². The smallest absolute Gasteiger partial charge is 0.251 e. The molecule has 0 unspecified atom stereocenters. The van der Waals surface area contributed by atoms with Gasteiger partial charge in [-0.3, -0.25) is 15.0 Å². The second-order valence-electron chi connectivity index (χ2n) is 4.46. The van der Waals surface area contributed by atoms with Crippen molar-refractivity contribution in [2.24, 2.45) is 0 Å². The summed E-state index contributed by atoms with van der Waals surface area (Å²) in [5, 5.41) is 17.2. The second kappa shape index (κ2) is 5.52. The number of carbonyl (C=O) groups excluding carboxylic acids is 1. The van der Waals surface area contributed by atoms with Crippen LogP contribution in [0.3, 0.4) is 0 Å². The highest BCUT2D eigenvalue weighted by molar-refractivity contribution is 5.97. The van der Waals surface area contributed by atoms with Crippen molar-refractivity contribution in [3.05, 3.63) is 42.1 Å². The zero-order valence-corrected chi connectivity index (χ0v) is 10.8. The van der Waals surface area contributed by atoms with Gasteiger partial charge in [-0.25, -0.2) is 4.98 Å². The molecule has 3 rings (SSSR count). The Morgan fingerprint density at radius 3 is 3.05 bits per heavy atom. The highest BCUT2D eigenvalue weighted by atomic mass is 16.1. The summed E-state index contributed by atoms with van der Waals surface area (Å²) in [6.07, 6.45) is 4.76. The number of rotatable bonds is 5. The van der Waals surface area contributed by atoms with E-state index in [-0.39, 0.29) is 5.91 Å². The van der Waals surface area contributed by atoms with Crippen LogP contribution in [0.1, 0.15) is 22.6 Å². The van der Waals surface area contributed by atoms with Crippen molar-refractivity contribution < 1.29 is 4.79 Å². The molecule has 7 heteroatoms. The average molecular weight is 270 g/mol. The molecule has 102 valence electrons. The number of benzene rings is 1. The summed E-state index contributed by atoms with van der Waals surface area (Å²) in [6, 6.07) is 5.46. The lowest BCUT2D eigenvalue weighted by molar-refractivity contribution is 0.0953. The number of fused-ring (bicyclic) bond motifs is 1. The quantitative estimate of drug-likeness (QED) is 0.603. The lowest BCUT2D eigenvalue weighted by Crippen LogP contribution is -2.24. The molecule has 20 heavy (non-hydrogen) atoms. The van der Waals surface area contributed by atoms with Gasteiger partial charge in [-0.05, 0) is 24.6 Å². The van der Waals surface area contributed by atoms with Crippen molar-refractivity contribution in [3.8, 4) is 0 Å². The maximum Gasteiger partial charge on any atom is 0.251 e. The Labute approximate surface area is 114 Å². The molecule has 0 bridgehead atoms. The minimum Gasteiger partial charge on any atom is -0.352 e. The Hall–Kier alpha value is -2.70. The number of aromatic amines is 2. The maximum absolute atomic E-state index is 12.0. The van der Waals surface area contributed by atoms with Crippen molar-refractivity contribution in [3.63, 3.8) is 0 Å². The number of hydrogen-bond acceptors (Lipinski definition) is 4. The van der Waals surface area contributed by atoms with Gasteiger partial charge in [0.2, 0.25) is 0 Å². The van der Waals surface area contributed by atoms with E-state index in [1.165, 1.54) is 6.33 Å². The Morgan fingerprint density at radius 1 is 1.25 bits per heavy atom. The van der Waals surface area contributed by atoms with Crippen LogP contribution in [0.5, 0.6) is 0 Å². The average Bonchev–Trinajstić information content (AvgIpc) is 3.13. The first-order valence-electron chi connectivity index (χ1n) is 6.38. The molecule has 1 aromatic carbocycles. The van der Waals surface area contributed by atoms with Gasteiger partial charge >= 0.3 is 0 Å². The van der Waals surface area contributed by atoms with E-state index in [4.69, 9.17) is 0 Å². The number of nitrogens with one attached hydrogen (secondary N) is 3. The molecule has 3 N–H and O–H groups in total. The highest BCUT2D eigenvalue weighted by Crippen LogP contribution is 2.12. The summed E-state index contributed by atoms with van der Waals surface area (Å²) < 4.78 is 0. The molecule has 0 aliphatic heterocycles. The fraction of sp³-hybridized carbons (Fsp3) is 0.231. The first-order chi connectivity index (χ1) is 9.83. The third-order valence-electron chi connectivity index (χ3n) is 3.04. The van der Waals surface area contributed by atoms with E-state index in [1.807, 2.05) is 12.1 Å². The fourth-order valence-corrected chi connectivity index (χ4v) is 2.00. The van der Waals surface area contributed by atoms with Gasteiger partial charge in [0.15, 0.2) is 0 Å². The molecule has 0 aliphatic carbocycles. The number of aromatic nitrogens is 5. The predicted octanol–water partition coefficient (Wildman–Crippen LogP) is 1.04. The Bertz CT molecular complexity index is 703. The van der Waals surface area contributed by atoms with Crippen LogP contribution in [0.4, 0.5) is 0 Å². The number of amides is 1. The third kappa shape index (κ3) is 2.66. The van der Waals surface area contributed by atoms with Gasteiger partial charge in [-0.1, -0.05) is 0 Å². The summed E-state index contributed by atoms with van der Waals surface area (Å²) in [4.78, 5) is 16.0. The number of nitrogens with zero attached hydrogens (tertiary/aromatic N) is 3. The van der Waals surface area contributed by atoms with Crippen molar-refractivity contribution >= 4 is 16.8 Å². The standard InChI is InChI=1S/C13H14N6O/c20-13(14-5-1-2-12-15-8-17-19-12)9-3-4-11-10(6-9)7-16-18-11/h3-4,6-8H,1-2,5H2,(H,14,20)(H,16,18)(H,15,17,19). The van der Waals surface area contributed by atoms with E-state index < -0.39 is 0 Å². The molecule has 0 radical (unpaired) electrons.